The van der Waals surface area contributed by atoms with Crippen molar-refractivity contribution in [3.8, 4) is 11.5 Å². The maximum atomic E-state index is 11.9. The van der Waals surface area contributed by atoms with Gasteiger partial charge in [-0.3, -0.25) is 4.79 Å². The van der Waals surface area contributed by atoms with Crippen molar-refractivity contribution in [2.24, 2.45) is 0 Å². The van der Waals surface area contributed by atoms with Gasteiger partial charge >= 0.3 is 0 Å². The van der Waals surface area contributed by atoms with Crippen molar-refractivity contribution >= 4 is 21.6 Å². The molecule has 0 saturated heterocycles. The Morgan fingerprint density at radius 2 is 1.95 bits per heavy atom. The van der Waals surface area contributed by atoms with Crippen molar-refractivity contribution in [2.45, 2.75) is 0 Å². The topological polar surface area (TPSA) is 120 Å². The number of benzene rings is 1. The monoisotopic (exact) mass is 301 g/mol. The van der Waals surface area contributed by atoms with Crippen molar-refractivity contribution in [1.82, 2.24) is 10.0 Å². The quantitative estimate of drug-likeness (QED) is 0.487. The molecule has 1 amide bonds. The summed E-state index contributed by atoms with van der Waals surface area (Å²) in [7, 11) is -3.27. The van der Waals surface area contributed by atoms with Gasteiger partial charge in [0.15, 0.2) is 11.5 Å². The molecule has 0 aromatic heterocycles. The van der Waals surface area contributed by atoms with Gasteiger partial charge in [0.05, 0.1) is 11.8 Å². The lowest BCUT2D eigenvalue weighted by molar-refractivity contribution is 0.0954. The number of rotatable bonds is 5. The van der Waals surface area contributed by atoms with Crippen LogP contribution in [0, 0.1) is 0 Å². The minimum absolute atomic E-state index is 0.0954. The van der Waals surface area contributed by atoms with E-state index in [1.807, 2.05) is 0 Å². The summed E-state index contributed by atoms with van der Waals surface area (Å²) < 4.78 is 34.3. The van der Waals surface area contributed by atoms with Crippen LogP contribution in [-0.4, -0.2) is 40.5 Å². The number of nitrogen functional groups attached to an aromatic ring is 1. The van der Waals surface area contributed by atoms with Crippen LogP contribution in [0.1, 0.15) is 10.4 Å². The summed E-state index contributed by atoms with van der Waals surface area (Å²) in [6, 6.07) is 3.02. The number of ether oxygens (including phenoxy) is 2. The number of hydrogen-bond acceptors (Lipinski definition) is 6. The number of amides is 1. The second-order valence-corrected chi connectivity index (χ2v) is 6.05. The Balaban J connectivity index is 1.96. The molecule has 0 radical (unpaired) electrons. The number of carbonyl (C=O) groups is 1. The second-order valence-electron chi connectivity index (χ2n) is 4.22. The molecule has 0 saturated carbocycles. The lowest BCUT2D eigenvalue weighted by atomic mass is 10.1. The molecule has 9 heteroatoms. The molecule has 1 aliphatic rings. The van der Waals surface area contributed by atoms with Crippen molar-refractivity contribution in [2.75, 3.05) is 31.9 Å². The first kappa shape index (κ1) is 14.4. The van der Waals surface area contributed by atoms with Crippen LogP contribution < -0.4 is 25.2 Å². The van der Waals surface area contributed by atoms with Crippen LogP contribution in [0.3, 0.4) is 0 Å². The molecule has 0 spiro atoms. The highest BCUT2D eigenvalue weighted by molar-refractivity contribution is 7.88. The summed E-state index contributed by atoms with van der Waals surface area (Å²) in [5, 5.41) is 2.56. The zero-order valence-corrected chi connectivity index (χ0v) is 11.6. The predicted molar refractivity (Wildman–Crippen MR) is 72.2 cm³/mol. The van der Waals surface area contributed by atoms with Crippen LogP contribution in [0.4, 0.5) is 5.69 Å². The van der Waals surface area contributed by atoms with Gasteiger partial charge in [-0.25, -0.2) is 13.1 Å². The van der Waals surface area contributed by atoms with Gasteiger partial charge in [0.2, 0.25) is 16.8 Å². The second kappa shape index (κ2) is 5.55. The fourth-order valence-corrected chi connectivity index (χ4v) is 2.13. The number of sulfonamides is 1. The Hall–Kier alpha value is -2.00. The average Bonchev–Trinajstić information content (AvgIpc) is 2.79. The first-order valence-corrected chi connectivity index (χ1v) is 7.68. The standard InChI is InChI=1S/C11H15N3O5S/c1-20(16,17)14-3-2-13-11(15)7-4-9-10(5-8(7)12)19-6-18-9/h4-5,14H,2-3,6,12H2,1H3,(H,13,15). The van der Waals surface area contributed by atoms with E-state index in [4.69, 9.17) is 15.2 Å². The van der Waals surface area contributed by atoms with Crippen LogP contribution in [0.25, 0.3) is 0 Å². The maximum absolute atomic E-state index is 11.9. The molecule has 2 rings (SSSR count). The Morgan fingerprint density at radius 1 is 1.30 bits per heavy atom. The smallest absolute Gasteiger partial charge is 0.253 e. The molecule has 0 atom stereocenters. The third-order valence-electron chi connectivity index (χ3n) is 2.56. The summed E-state index contributed by atoms with van der Waals surface area (Å²) in [5.74, 6) is 0.549. The first-order valence-electron chi connectivity index (χ1n) is 5.79. The summed E-state index contributed by atoms with van der Waals surface area (Å²) in [5.41, 5.74) is 6.28. The molecular weight excluding hydrogens is 286 g/mol. The summed E-state index contributed by atoms with van der Waals surface area (Å²) in [6.07, 6.45) is 1.05. The number of hydrogen-bond donors (Lipinski definition) is 3. The van der Waals surface area contributed by atoms with Crippen LogP contribution in [-0.2, 0) is 10.0 Å². The summed E-state index contributed by atoms with van der Waals surface area (Å²) >= 11 is 0. The van der Waals surface area contributed by atoms with Gasteiger partial charge in [-0.15, -0.1) is 0 Å². The van der Waals surface area contributed by atoms with Gasteiger partial charge < -0.3 is 20.5 Å². The largest absolute Gasteiger partial charge is 0.454 e. The van der Waals surface area contributed by atoms with E-state index in [1.54, 1.807) is 0 Å². The zero-order chi connectivity index (χ0) is 14.8. The number of carbonyl (C=O) groups excluding carboxylic acids is 1. The van der Waals surface area contributed by atoms with Crippen LogP contribution in [0.2, 0.25) is 0 Å². The highest BCUT2D eigenvalue weighted by atomic mass is 32.2. The van der Waals surface area contributed by atoms with E-state index in [-0.39, 0.29) is 31.1 Å². The van der Waals surface area contributed by atoms with E-state index in [1.165, 1.54) is 12.1 Å². The minimum atomic E-state index is -3.27. The van der Waals surface area contributed by atoms with Crippen molar-refractivity contribution in [1.29, 1.82) is 0 Å². The predicted octanol–water partition coefficient (Wildman–Crippen LogP) is -0.724. The van der Waals surface area contributed by atoms with Gasteiger partial charge in [-0.2, -0.15) is 0 Å². The fraction of sp³-hybridized carbons (Fsp3) is 0.364. The molecule has 110 valence electrons. The molecule has 0 aliphatic carbocycles. The minimum Gasteiger partial charge on any atom is -0.454 e. The van der Waals surface area contributed by atoms with Crippen molar-refractivity contribution in [3.63, 3.8) is 0 Å². The van der Waals surface area contributed by atoms with Gasteiger partial charge in [-0.05, 0) is 6.07 Å². The normalized spacial score (nSPS) is 13.2. The van der Waals surface area contributed by atoms with E-state index in [9.17, 15) is 13.2 Å². The maximum Gasteiger partial charge on any atom is 0.253 e. The first-order chi connectivity index (χ1) is 9.37. The molecule has 0 bridgehead atoms. The van der Waals surface area contributed by atoms with Crippen LogP contribution in [0.15, 0.2) is 12.1 Å². The van der Waals surface area contributed by atoms with E-state index < -0.39 is 15.9 Å². The number of anilines is 1. The molecule has 1 heterocycles. The Morgan fingerprint density at radius 3 is 2.60 bits per heavy atom. The fourth-order valence-electron chi connectivity index (χ4n) is 1.66. The Labute approximate surface area is 116 Å². The third kappa shape index (κ3) is 3.52. The lowest BCUT2D eigenvalue weighted by Crippen LogP contribution is -2.34. The van der Waals surface area contributed by atoms with Crippen LogP contribution >= 0.6 is 0 Å². The molecule has 0 unspecified atom stereocenters. The molecule has 1 aliphatic heterocycles. The molecule has 0 fully saturated rings. The summed E-state index contributed by atoms with van der Waals surface area (Å²) in [4.78, 5) is 11.9. The third-order valence-corrected chi connectivity index (χ3v) is 3.29. The Bertz CT molecular complexity index is 629. The van der Waals surface area contributed by atoms with E-state index in [0.717, 1.165) is 6.26 Å². The summed E-state index contributed by atoms with van der Waals surface area (Å²) in [6.45, 7) is 0.354. The van der Waals surface area contributed by atoms with E-state index >= 15 is 0 Å². The van der Waals surface area contributed by atoms with Gasteiger partial charge in [0.1, 0.15) is 0 Å². The highest BCUT2D eigenvalue weighted by Gasteiger charge is 2.19. The van der Waals surface area contributed by atoms with Gasteiger partial charge in [0.25, 0.3) is 5.91 Å². The van der Waals surface area contributed by atoms with E-state index in [2.05, 4.69) is 10.0 Å². The van der Waals surface area contributed by atoms with Crippen molar-refractivity contribution < 1.29 is 22.7 Å². The molecule has 4 N–H and O–H groups in total. The molecule has 20 heavy (non-hydrogen) atoms. The Kier molecular flexibility index (Phi) is 4.00. The molecule has 1 aromatic carbocycles. The van der Waals surface area contributed by atoms with Gasteiger partial charge in [0, 0.05) is 24.8 Å². The number of fused-ring (bicyclic) bond motifs is 1. The number of nitrogens with one attached hydrogen (secondary N) is 2. The molecule has 1 aromatic rings. The van der Waals surface area contributed by atoms with Crippen molar-refractivity contribution in [3.05, 3.63) is 17.7 Å². The highest BCUT2D eigenvalue weighted by Crippen LogP contribution is 2.35. The van der Waals surface area contributed by atoms with E-state index in [0.29, 0.717) is 11.5 Å². The number of nitrogens with two attached hydrogens (primary N) is 1. The molecule has 8 nitrogen and oxygen atoms in total. The van der Waals surface area contributed by atoms with Crippen LogP contribution in [0.5, 0.6) is 11.5 Å². The van der Waals surface area contributed by atoms with Gasteiger partial charge in [-0.1, -0.05) is 0 Å². The molecular formula is C11H15N3O5S. The average molecular weight is 301 g/mol. The SMILES string of the molecule is CS(=O)(=O)NCCNC(=O)c1cc2c(cc1N)OCO2. The zero-order valence-electron chi connectivity index (χ0n) is 10.8. The lowest BCUT2D eigenvalue weighted by Gasteiger charge is -2.08.